The lowest BCUT2D eigenvalue weighted by molar-refractivity contribution is -0.132. The quantitative estimate of drug-likeness (QED) is 0.272. The minimum absolute atomic E-state index is 0.0895. The van der Waals surface area contributed by atoms with Crippen LogP contribution in [0.3, 0.4) is 0 Å². The Morgan fingerprint density at radius 2 is 1.84 bits per heavy atom. The van der Waals surface area contributed by atoms with Crippen LogP contribution >= 0.6 is 11.6 Å². The number of ether oxygens (including phenoxy) is 3. The normalized spacial score (nSPS) is 18.2. The van der Waals surface area contributed by atoms with E-state index < -0.39 is 17.7 Å². The highest BCUT2D eigenvalue weighted by molar-refractivity contribution is 6.52. The van der Waals surface area contributed by atoms with Gasteiger partial charge in [-0.25, -0.2) is 0 Å². The van der Waals surface area contributed by atoms with E-state index in [0.717, 1.165) is 0 Å². The van der Waals surface area contributed by atoms with E-state index in [1.807, 2.05) is 0 Å². The molecule has 1 unspecified atom stereocenters. The maximum absolute atomic E-state index is 13.5. The Bertz CT molecular complexity index is 1450. The van der Waals surface area contributed by atoms with Gasteiger partial charge >= 0.3 is 0 Å². The van der Waals surface area contributed by atoms with Crippen molar-refractivity contribution in [2.24, 2.45) is 0 Å². The summed E-state index contributed by atoms with van der Waals surface area (Å²) in [5, 5.41) is 22.1. The average Bonchev–Trinajstić information content (AvgIpc) is 3.16. The van der Waals surface area contributed by atoms with Crippen molar-refractivity contribution < 1.29 is 34.0 Å². The highest BCUT2D eigenvalue weighted by Crippen LogP contribution is 2.46. The number of amides is 1. The largest absolute Gasteiger partial charge is 0.507 e. The van der Waals surface area contributed by atoms with E-state index in [1.54, 1.807) is 62.4 Å². The van der Waals surface area contributed by atoms with Crippen molar-refractivity contribution in [2.45, 2.75) is 19.9 Å². The number of carbonyl (C=O) groups is 2. The second-order valence-corrected chi connectivity index (χ2v) is 8.98. The van der Waals surface area contributed by atoms with E-state index in [0.29, 0.717) is 58.7 Å². The third-order valence-corrected chi connectivity index (χ3v) is 6.77. The molecule has 0 saturated carbocycles. The minimum atomic E-state index is -1.02. The molecule has 3 aromatic rings. The van der Waals surface area contributed by atoms with Gasteiger partial charge in [-0.1, -0.05) is 23.7 Å². The van der Waals surface area contributed by atoms with Crippen molar-refractivity contribution in [3.8, 4) is 23.0 Å². The number of aromatic hydroxyl groups is 1. The van der Waals surface area contributed by atoms with Gasteiger partial charge in [-0.2, -0.15) is 0 Å². The van der Waals surface area contributed by atoms with Crippen LogP contribution in [0.4, 0.5) is 5.69 Å². The molecule has 3 aromatic carbocycles. The summed E-state index contributed by atoms with van der Waals surface area (Å²) in [5.41, 5.74) is 1.65. The zero-order valence-corrected chi connectivity index (χ0v) is 20.9. The molecule has 2 aliphatic rings. The lowest BCUT2D eigenvalue weighted by Crippen LogP contribution is -2.30. The molecule has 190 valence electrons. The Balaban J connectivity index is 1.73. The SMILES string of the molecule is CCOc1cc(C2/C(=C(\O)c3ccc4c(c3)OCCO4)C(=O)C(=O)N2c2cccc(Cl)c2C)ccc1O. The fourth-order valence-electron chi connectivity index (χ4n) is 4.57. The number of benzene rings is 3. The van der Waals surface area contributed by atoms with Crippen molar-refractivity contribution in [1.29, 1.82) is 0 Å². The smallest absolute Gasteiger partial charge is 0.300 e. The summed E-state index contributed by atoms with van der Waals surface area (Å²) >= 11 is 6.36. The van der Waals surface area contributed by atoms with Gasteiger partial charge in [-0.3, -0.25) is 14.5 Å². The van der Waals surface area contributed by atoms with Gasteiger partial charge in [-0.15, -0.1) is 0 Å². The maximum Gasteiger partial charge on any atom is 0.300 e. The number of nitrogens with zero attached hydrogens (tertiary/aromatic N) is 1. The number of ketones is 1. The summed E-state index contributed by atoms with van der Waals surface area (Å²) in [7, 11) is 0. The topological polar surface area (TPSA) is 106 Å². The van der Waals surface area contributed by atoms with Crippen LogP contribution in [0.2, 0.25) is 5.02 Å². The molecule has 0 radical (unpaired) electrons. The molecular weight excluding hydrogens is 498 g/mol. The standard InChI is InChI=1S/C28H24ClNO7/c1-3-35-22-13-16(7-9-20(22)31)25-24(26(32)17-8-10-21-23(14-17)37-12-11-36-21)27(33)28(34)30(25)19-6-4-5-18(29)15(19)2/h4-10,13-14,25,31-32H,3,11-12H2,1-2H3/b26-24+. The third-order valence-electron chi connectivity index (χ3n) is 6.36. The van der Waals surface area contributed by atoms with Gasteiger partial charge in [0.25, 0.3) is 11.7 Å². The van der Waals surface area contributed by atoms with E-state index in [9.17, 15) is 19.8 Å². The lowest BCUT2D eigenvalue weighted by Gasteiger charge is -2.27. The highest BCUT2D eigenvalue weighted by atomic mass is 35.5. The Kier molecular flexibility index (Phi) is 6.43. The molecule has 37 heavy (non-hydrogen) atoms. The molecular formula is C28H24ClNO7. The van der Waals surface area contributed by atoms with Gasteiger partial charge in [0.2, 0.25) is 0 Å². The second-order valence-electron chi connectivity index (χ2n) is 8.57. The number of phenolic OH excluding ortho intramolecular Hbond substituents is 1. The number of carbonyl (C=O) groups excluding carboxylic acids is 2. The van der Waals surface area contributed by atoms with Crippen LogP contribution in [-0.2, 0) is 9.59 Å². The summed E-state index contributed by atoms with van der Waals surface area (Å²) in [5.74, 6) is -0.998. The summed E-state index contributed by atoms with van der Waals surface area (Å²) in [6.45, 7) is 4.57. The number of halogens is 1. The van der Waals surface area contributed by atoms with Crippen LogP contribution in [0.1, 0.15) is 29.7 Å². The molecule has 0 aromatic heterocycles. The number of hydrogen-bond acceptors (Lipinski definition) is 7. The van der Waals surface area contributed by atoms with Gasteiger partial charge in [0.15, 0.2) is 23.0 Å². The first kappa shape index (κ1) is 24.5. The van der Waals surface area contributed by atoms with Crippen molar-refractivity contribution >= 4 is 34.7 Å². The fraction of sp³-hybridized carbons (Fsp3) is 0.214. The average molecular weight is 522 g/mol. The highest BCUT2D eigenvalue weighted by Gasteiger charge is 2.47. The number of fused-ring (bicyclic) bond motifs is 1. The van der Waals surface area contributed by atoms with Crippen LogP contribution < -0.4 is 19.1 Å². The maximum atomic E-state index is 13.5. The summed E-state index contributed by atoms with van der Waals surface area (Å²) in [6.07, 6.45) is 0. The number of Topliss-reactive ketones (excluding diaryl/α,β-unsaturated/α-hetero) is 1. The number of aliphatic hydroxyl groups is 1. The molecule has 2 N–H and O–H groups in total. The molecule has 1 saturated heterocycles. The van der Waals surface area contributed by atoms with E-state index in [4.69, 9.17) is 25.8 Å². The number of anilines is 1. The number of rotatable bonds is 5. The molecule has 1 amide bonds. The number of hydrogen-bond donors (Lipinski definition) is 2. The molecule has 0 spiro atoms. The number of aliphatic hydroxyl groups excluding tert-OH is 1. The van der Waals surface area contributed by atoms with Gasteiger partial charge < -0.3 is 24.4 Å². The molecule has 0 bridgehead atoms. The van der Waals surface area contributed by atoms with Crippen LogP contribution in [0, 0.1) is 6.92 Å². The molecule has 2 heterocycles. The van der Waals surface area contributed by atoms with E-state index in [-0.39, 0.29) is 22.8 Å². The third kappa shape index (κ3) is 4.23. The van der Waals surface area contributed by atoms with Crippen LogP contribution in [0.25, 0.3) is 5.76 Å². The molecule has 1 atom stereocenters. The Labute approximate surface area is 218 Å². The molecule has 1 fully saturated rings. The zero-order valence-electron chi connectivity index (χ0n) is 20.2. The van der Waals surface area contributed by atoms with Gasteiger partial charge in [0.1, 0.15) is 19.0 Å². The van der Waals surface area contributed by atoms with Crippen molar-refractivity contribution in [3.63, 3.8) is 0 Å². The van der Waals surface area contributed by atoms with E-state index in [2.05, 4.69) is 0 Å². The van der Waals surface area contributed by atoms with Crippen LogP contribution in [-0.4, -0.2) is 41.7 Å². The molecule has 5 rings (SSSR count). The zero-order chi connectivity index (χ0) is 26.3. The fourth-order valence-corrected chi connectivity index (χ4v) is 4.74. The summed E-state index contributed by atoms with van der Waals surface area (Å²) in [4.78, 5) is 28.3. The van der Waals surface area contributed by atoms with Crippen molar-refractivity contribution in [1.82, 2.24) is 0 Å². The first-order chi connectivity index (χ1) is 17.8. The molecule has 9 heteroatoms. The van der Waals surface area contributed by atoms with Crippen molar-refractivity contribution in [2.75, 3.05) is 24.7 Å². The number of phenols is 1. The summed E-state index contributed by atoms with van der Waals surface area (Å²) in [6, 6.07) is 13.4. The van der Waals surface area contributed by atoms with Gasteiger partial charge in [-0.05, 0) is 67.4 Å². The Morgan fingerprint density at radius 1 is 1.08 bits per heavy atom. The molecule has 2 aliphatic heterocycles. The summed E-state index contributed by atoms with van der Waals surface area (Å²) < 4.78 is 16.7. The minimum Gasteiger partial charge on any atom is -0.507 e. The van der Waals surface area contributed by atoms with E-state index >= 15 is 0 Å². The van der Waals surface area contributed by atoms with Crippen LogP contribution in [0.5, 0.6) is 23.0 Å². The first-order valence-corrected chi connectivity index (χ1v) is 12.1. The first-order valence-electron chi connectivity index (χ1n) is 11.7. The molecule has 8 nitrogen and oxygen atoms in total. The second kappa shape index (κ2) is 9.71. The van der Waals surface area contributed by atoms with Crippen LogP contribution in [0.15, 0.2) is 60.2 Å². The van der Waals surface area contributed by atoms with E-state index in [1.165, 1.54) is 11.0 Å². The Hall–Kier alpha value is -4.17. The Morgan fingerprint density at radius 3 is 2.59 bits per heavy atom. The van der Waals surface area contributed by atoms with Gasteiger partial charge in [0, 0.05) is 16.3 Å². The monoisotopic (exact) mass is 521 g/mol. The van der Waals surface area contributed by atoms with Crippen molar-refractivity contribution in [3.05, 3.63) is 81.9 Å². The predicted molar refractivity (Wildman–Crippen MR) is 138 cm³/mol. The molecule has 0 aliphatic carbocycles. The lowest BCUT2D eigenvalue weighted by atomic mass is 9.94. The van der Waals surface area contributed by atoms with Gasteiger partial charge in [0.05, 0.1) is 18.2 Å². The predicted octanol–water partition coefficient (Wildman–Crippen LogP) is 5.15.